The van der Waals surface area contributed by atoms with E-state index in [2.05, 4.69) is 10.3 Å². The number of carbonyl (C=O) groups is 1. The number of carbonyl (C=O) groups excluding carboxylic acids is 1. The van der Waals surface area contributed by atoms with Crippen LogP contribution in [0.25, 0.3) is 33.1 Å². The maximum absolute atomic E-state index is 14.1. The zero-order valence-electron chi connectivity index (χ0n) is 18.0. The number of benzene rings is 2. The fourth-order valence-electron chi connectivity index (χ4n) is 4.56. The number of nitrogens with one attached hydrogen (secondary N) is 1. The number of nitrogens with zero attached hydrogens (tertiary/aromatic N) is 3. The number of hydrogen-bond donors (Lipinski definition) is 1. The topological polar surface area (TPSA) is 69.0 Å². The first kappa shape index (κ1) is 20.4. The van der Waals surface area contributed by atoms with Crippen LogP contribution in [0.4, 0.5) is 4.39 Å². The number of pyridine rings is 1. The van der Waals surface area contributed by atoms with Crippen molar-refractivity contribution < 1.29 is 13.9 Å². The Balaban J connectivity index is 1.59. The first-order valence-corrected chi connectivity index (χ1v) is 11.0. The predicted molar refractivity (Wildman–Crippen MR) is 122 cm³/mol. The summed E-state index contributed by atoms with van der Waals surface area (Å²) in [7, 11) is 1.62. The largest absolute Gasteiger partial charge is 0.497 e. The van der Waals surface area contributed by atoms with Crippen molar-refractivity contribution in [3.8, 4) is 17.0 Å². The maximum Gasteiger partial charge on any atom is 0.241 e. The minimum absolute atomic E-state index is 0.0682. The van der Waals surface area contributed by atoms with Crippen molar-refractivity contribution in [2.45, 2.75) is 44.7 Å². The molecule has 0 radical (unpaired) electrons. The average molecular weight is 432 g/mol. The van der Waals surface area contributed by atoms with E-state index in [-0.39, 0.29) is 24.3 Å². The van der Waals surface area contributed by atoms with E-state index in [1.54, 1.807) is 24.1 Å². The second-order valence-electron chi connectivity index (χ2n) is 8.32. The monoisotopic (exact) mass is 432 g/mol. The summed E-state index contributed by atoms with van der Waals surface area (Å²) < 4.78 is 21.1. The summed E-state index contributed by atoms with van der Waals surface area (Å²) in [5.74, 6) is 0.316. The molecule has 2 aromatic heterocycles. The van der Waals surface area contributed by atoms with Crippen molar-refractivity contribution in [3.05, 3.63) is 54.5 Å². The Kier molecular flexibility index (Phi) is 5.47. The highest BCUT2D eigenvalue weighted by molar-refractivity contribution is 6.08. The molecule has 4 aromatic rings. The van der Waals surface area contributed by atoms with Gasteiger partial charge in [-0.05, 0) is 55.3 Å². The summed E-state index contributed by atoms with van der Waals surface area (Å²) >= 11 is 0. The van der Waals surface area contributed by atoms with Gasteiger partial charge in [-0.1, -0.05) is 19.3 Å². The lowest BCUT2D eigenvalue weighted by Crippen LogP contribution is -2.38. The second-order valence-corrected chi connectivity index (χ2v) is 8.32. The van der Waals surface area contributed by atoms with Crippen molar-refractivity contribution in [2.75, 3.05) is 7.11 Å². The molecule has 6 nitrogen and oxygen atoms in total. The Hall–Kier alpha value is -3.48. The van der Waals surface area contributed by atoms with Gasteiger partial charge in [-0.3, -0.25) is 14.5 Å². The van der Waals surface area contributed by atoms with E-state index in [9.17, 15) is 9.18 Å². The van der Waals surface area contributed by atoms with Gasteiger partial charge >= 0.3 is 0 Å². The molecule has 0 aliphatic heterocycles. The third kappa shape index (κ3) is 3.90. The van der Waals surface area contributed by atoms with Gasteiger partial charge in [0.1, 0.15) is 23.8 Å². The summed E-state index contributed by atoms with van der Waals surface area (Å²) in [6.07, 6.45) is 7.30. The molecular formula is C25H25FN4O2. The van der Waals surface area contributed by atoms with Gasteiger partial charge in [0.2, 0.25) is 5.91 Å². The molecule has 1 N–H and O–H groups in total. The molecule has 0 spiro atoms. The Labute approximate surface area is 185 Å². The molecule has 32 heavy (non-hydrogen) atoms. The van der Waals surface area contributed by atoms with Crippen molar-refractivity contribution in [1.29, 1.82) is 0 Å². The standard InChI is InChI=1S/C25H25FN4O2/c1-32-19-10-7-16(8-11-19)24-21-14-27-22-12-9-17(26)13-20(22)25(21)30(29-24)15-23(31)28-18-5-3-2-4-6-18/h7-14,18H,2-6,15H2,1H3,(H,28,31). The number of fused-ring (bicyclic) bond motifs is 3. The third-order valence-corrected chi connectivity index (χ3v) is 6.16. The lowest BCUT2D eigenvalue weighted by atomic mass is 9.95. The first-order chi connectivity index (χ1) is 15.6. The Morgan fingerprint density at radius 3 is 2.66 bits per heavy atom. The number of rotatable bonds is 5. The zero-order chi connectivity index (χ0) is 22.1. The Morgan fingerprint density at radius 2 is 1.91 bits per heavy atom. The smallest absolute Gasteiger partial charge is 0.241 e. The van der Waals surface area contributed by atoms with Crippen LogP contribution in [0.2, 0.25) is 0 Å². The lowest BCUT2D eigenvalue weighted by molar-refractivity contribution is -0.122. The van der Waals surface area contributed by atoms with Crippen molar-refractivity contribution in [1.82, 2.24) is 20.1 Å². The van der Waals surface area contributed by atoms with Gasteiger partial charge in [0.05, 0.1) is 18.1 Å². The van der Waals surface area contributed by atoms with Gasteiger partial charge in [0.15, 0.2) is 0 Å². The first-order valence-electron chi connectivity index (χ1n) is 11.0. The molecule has 1 amide bonds. The molecule has 1 aliphatic carbocycles. The van der Waals surface area contributed by atoms with E-state index in [1.807, 2.05) is 24.3 Å². The van der Waals surface area contributed by atoms with E-state index >= 15 is 0 Å². The molecule has 1 fully saturated rings. The van der Waals surface area contributed by atoms with Crippen LogP contribution in [0.5, 0.6) is 5.75 Å². The SMILES string of the molecule is COc1ccc(-c2nn(CC(=O)NC3CCCCC3)c3c2cnc2ccc(F)cc23)cc1. The van der Waals surface area contributed by atoms with Gasteiger partial charge in [0.25, 0.3) is 0 Å². The molecule has 0 unspecified atom stereocenters. The van der Waals surface area contributed by atoms with Crippen LogP contribution in [0, 0.1) is 5.82 Å². The molecule has 1 saturated carbocycles. The minimum Gasteiger partial charge on any atom is -0.497 e. The fourth-order valence-corrected chi connectivity index (χ4v) is 4.56. The van der Waals surface area contributed by atoms with Crippen LogP contribution in [-0.2, 0) is 11.3 Å². The average Bonchev–Trinajstić information content (AvgIpc) is 3.18. The van der Waals surface area contributed by atoms with Gasteiger partial charge < -0.3 is 10.1 Å². The van der Waals surface area contributed by atoms with Crippen LogP contribution >= 0.6 is 0 Å². The molecule has 1 aliphatic rings. The highest BCUT2D eigenvalue weighted by Crippen LogP contribution is 2.33. The van der Waals surface area contributed by atoms with Crippen LogP contribution in [0.15, 0.2) is 48.7 Å². The molecule has 2 heterocycles. The van der Waals surface area contributed by atoms with Gasteiger partial charge in [-0.25, -0.2) is 4.39 Å². The highest BCUT2D eigenvalue weighted by Gasteiger charge is 2.20. The third-order valence-electron chi connectivity index (χ3n) is 6.16. The van der Waals surface area contributed by atoms with Crippen LogP contribution in [0.1, 0.15) is 32.1 Å². The summed E-state index contributed by atoms with van der Waals surface area (Å²) in [6, 6.07) is 12.3. The fraction of sp³-hybridized carbons (Fsp3) is 0.320. The molecular weight excluding hydrogens is 407 g/mol. The normalized spacial score (nSPS) is 14.7. The molecule has 5 rings (SSSR count). The van der Waals surface area contributed by atoms with Crippen LogP contribution in [-0.4, -0.2) is 33.8 Å². The highest BCUT2D eigenvalue weighted by atomic mass is 19.1. The molecule has 0 atom stereocenters. The van der Waals surface area contributed by atoms with Crippen LogP contribution in [0.3, 0.4) is 0 Å². The number of aromatic nitrogens is 3. The molecule has 0 bridgehead atoms. The van der Waals surface area contributed by atoms with Crippen LogP contribution < -0.4 is 10.1 Å². The van der Waals surface area contributed by atoms with E-state index in [4.69, 9.17) is 9.84 Å². The summed E-state index contributed by atoms with van der Waals surface area (Å²) in [6.45, 7) is 0.0682. The summed E-state index contributed by atoms with van der Waals surface area (Å²) in [5, 5.41) is 9.35. The minimum atomic E-state index is -0.350. The molecule has 2 aromatic carbocycles. The van der Waals surface area contributed by atoms with E-state index in [0.717, 1.165) is 42.4 Å². The number of methoxy groups -OCH3 is 1. The predicted octanol–water partition coefficient (Wildman–Crippen LogP) is 4.85. The summed E-state index contributed by atoms with van der Waals surface area (Å²) in [5.41, 5.74) is 2.94. The quantitative estimate of drug-likeness (QED) is 0.490. The van der Waals surface area contributed by atoms with Crippen molar-refractivity contribution in [3.63, 3.8) is 0 Å². The zero-order valence-corrected chi connectivity index (χ0v) is 18.0. The summed E-state index contributed by atoms with van der Waals surface area (Å²) in [4.78, 5) is 17.4. The number of halogens is 1. The van der Waals surface area contributed by atoms with Crippen molar-refractivity contribution in [2.24, 2.45) is 0 Å². The van der Waals surface area contributed by atoms with Gasteiger partial charge in [0, 0.05) is 28.6 Å². The maximum atomic E-state index is 14.1. The van der Waals surface area contributed by atoms with Gasteiger partial charge in [-0.2, -0.15) is 5.10 Å². The molecule has 7 heteroatoms. The lowest BCUT2D eigenvalue weighted by Gasteiger charge is -2.22. The number of hydrogen-bond acceptors (Lipinski definition) is 4. The van der Waals surface area contributed by atoms with E-state index in [1.165, 1.54) is 18.6 Å². The molecule has 0 saturated heterocycles. The molecule has 164 valence electrons. The second kappa shape index (κ2) is 8.57. The van der Waals surface area contributed by atoms with Crippen molar-refractivity contribution >= 4 is 27.7 Å². The van der Waals surface area contributed by atoms with E-state index < -0.39 is 0 Å². The number of amides is 1. The Bertz CT molecular complexity index is 1280. The van der Waals surface area contributed by atoms with E-state index in [0.29, 0.717) is 22.1 Å². The van der Waals surface area contributed by atoms with Gasteiger partial charge in [-0.15, -0.1) is 0 Å². The Morgan fingerprint density at radius 1 is 1.12 bits per heavy atom. The number of ether oxygens (including phenoxy) is 1.